The van der Waals surface area contributed by atoms with Crippen LogP contribution in [0, 0.1) is 0 Å². The van der Waals surface area contributed by atoms with E-state index < -0.39 is 0 Å². The van der Waals surface area contributed by atoms with Gasteiger partial charge in [0.25, 0.3) is 0 Å². The standard InChI is InChI=1S/C12H14Cl2N2O/c1-7(17)16-5-4-8(6-15)11-9(13)2-3-10(14)12(11)16/h2-3,8H,4-6,15H2,1H3. The van der Waals surface area contributed by atoms with Crippen molar-refractivity contribution in [2.45, 2.75) is 19.3 Å². The number of halogens is 2. The van der Waals surface area contributed by atoms with Crippen molar-refractivity contribution in [3.05, 3.63) is 27.7 Å². The summed E-state index contributed by atoms with van der Waals surface area (Å²) in [6.45, 7) is 2.69. The molecule has 1 aromatic rings. The molecule has 1 amide bonds. The molecule has 0 fully saturated rings. The van der Waals surface area contributed by atoms with Crippen LogP contribution in [-0.4, -0.2) is 19.0 Å². The van der Waals surface area contributed by atoms with E-state index in [4.69, 9.17) is 28.9 Å². The van der Waals surface area contributed by atoms with Crippen molar-refractivity contribution in [3.8, 4) is 0 Å². The van der Waals surface area contributed by atoms with E-state index >= 15 is 0 Å². The van der Waals surface area contributed by atoms with Crippen LogP contribution in [0.15, 0.2) is 12.1 Å². The second-order valence-corrected chi connectivity index (χ2v) is 5.00. The first-order valence-electron chi connectivity index (χ1n) is 5.52. The first-order valence-corrected chi connectivity index (χ1v) is 6.28. The molecule has 92 valence electrons. The Hall–Kier alpha value is -0.770. The Kier molecular flexibility index (Phi) is 3.61. The number of carbonyl (C=O) groups excluding carboxylic acids is 1. The molecule has 17 heavy (non-hydrogen) atoms. The lowest BCUT2D eigenvalue weighted by atomic mass is 9.90. The maximum atomic E-state index is 11.6. The lowest BCUT2D eigenvalue weighted by Gasteiger charge is -2.34. The van der Waals surface area contributed by atoms with Crippen LogP contribution in [0.5, 0.6) is 0 Å². The van der Waals surface area contributed by atoms with E-state index in [-0.39, 0.29) is 11.8 Å². The maximum absolute atomic E-state index is 11.6. The van der Waals surface area contributed by atoms with E-state index in [1.165, 1.54) is 6.92 Å². The van der Waals surface area contributed by atoms with Crippen molar-refractivity contribution in [3.63, 3.8) is 0 Å². The topological polar surface area (TPSA) is 46.3 Å². The monoisotopic (exact) mass is 272 g/mol. The average Bonchev–Trinajstić information content (AvgIpc) is 2.32. The summed E-state index contributed by atoms with van der Waals surface area (Å²) in [4.78, 5) is 13.3. The molecule has 0 radical (unpaired) electrons. The second kappa shape index (κ2) is 4.84. The highest BCUT2D eigenvalue weighted by Gasteiger charge is 2.30. The number of anilines is 1. The summed E-state index contributed by atoms with van der Waals surface area (Å²) in [5.74, 6) is 0.151. The van der Waals surface area contributed by atoms with E-state index in [1.54, 1.807) is 17.0 Å². The van der Waals surface area contributed by atoms with Crippen molar-refractivity contribution in [2.75, 3.05) is 18.0 Å². The third-order valence-corrected chi connectivity index (χ3v) is 3.79. The SMILES string of the molecule is CC(=O)N1CCC(CN)c2c(Cl)ccc(Cl)c21. The fourth-order valence-electron chi connectivity index (χ4n) is 2.31. The molecule has 0 aromatic heterocycles. The molecule has 1 aromatic carbocycles. The van der Waals surface area contributed by atoms with Gasteiger partial charge in [-0.25, -0.2) is 0 Å². The first-order chi connectivity index (χ1) is 8.06. The van der Waals surface area contributed by atoms with Crippen LogP contribution in [0.25, 0.3) is 0 Å². The normalized spacial score (nSPS) is 19.1. The molecule has 1 aliphatic rings. The van der Waals surface area contributed by atoms with Gasteiger partial charge in [-0.3, -0.25) is 4.79 Å². The Balaban J connectivity index is 2.62. The molecule has 2 rings (SSSR count). The van der Waals surface area contributed by atoms with E-state index in [1.807, 2.05) is 0 Å². The molecular formula is C12H14Cl2N2O. The highest BCUT2D eigenvalue weighted by molar-refractivity contribution is 6.36. The summed E-state index contributed by atoms with van der Waals surface area (Å²) in [6, 6.07) is 3.48. The van der Waals surface area contributed by atoms with Crippen molar-refractivity contribution >= 4 is 34.8 Å². The van der Waals surface area contributed by atoms with Crippen LogP contribution in [0.2, 0.25) is 10.0 Å². The highest BCUT2D eigenvalue weighted by Crippen LogP contribution is 2.43. The first kappa shape index (κ1) is 12.7. The number of benzene rings is 1. The molecule has 0 saturated carbocycles. The quantitative estimate of drug-likeness (QED) is 0.855. The zero-order valence-corrected chi connectivity index (χ0v) is 11.1. The van der Waals surface area contributed by atoms with Gasteiger partial charge in [0.05, 0.1) is 10.7 Å². The number of amides is 1. The largest absolute Gasteiger partial charge is 0.330 e. The molecular weight excluding hydrogens is 259 g/mol. The summed E-state index contributed by atoms with van der Waals surface area (Å²) in [5, 5.41) is 1.18. The number of fused-ring (bicyclic) bond motifs is 1. The molecule has 5 heteroatoms. The number of rotatable bonds is 1. The molecule has 2 N–H and O–H groups in total. The molecule has 1 heterocycles. The molecule has 0 bridgehead atoms. The minimum atomic E-state index is -0.0223. The maximum Gasteiger partial charge on any atom is 0.223 e. The predicted octanol–water partition coefficient (Wildman–Crippen LogP) is 2.79. The van der Waals surface area contributed by atoms with Gasteiger partial charge in [-0.2, -0.15) is 0 Å². The molecule has 1 unspecified atom stereocenters. The highest BCUT2D eigenvalue weighted by atomic mass is 35.5. The van der Waals surface area contributed by atoms with Gasteiger partial charge in [0, 0.05) is 30.0 Å². The van der Waals surface area contributed by atoms with Gasteiger partial charge in [-0.05, 0) is 25.1 Å². The van der Waals surface area contributed by atoms with Crippen molar-refractivity contribution in [1.29, 1.82) is 0 Å². The number of hydrogen-bond donors (Lipinski definition) is 1. The van der Waals surface area contributed by atoms with Gasteiger partial charge in [0.2, 0.25) is 5.91 Å². The van der Waals surface area contributed by atoms with Crippen LogP contribution in [0.1, 0.15) is 24.8 Å². The number of hydrogen-bond acceptors (Lipinski definition) is 2. The average molecular weight is 273 g/mol. The Morgan fingerprint density at radius 1 is 1.47 bits per heavy atom. The predicted molar refractivity (Wildman–Crippen MR) is 70.9 cm³/mol. The van der Waals surface area contributed by atoms with Gasteiger partial charge >= 0.3 is 0 Å². The number of carbonyl (C=O) groups is 1. The smallest absolute Gasteiger partial charge is 0.223 e. The Morgan fingerprint density at radius 3 is 2.71 bits per heavy atom. The minimum absolute atomic E-state index is 0.0223. The van der Waals surface area contributed by atoms with Crippen LogP contribution in [0.3, 0.4) is 0 Å². The van der Waals surface area contributed by atoms with E-state index in [0.717, 1.165) is 17.7 Å². The fraction of sp³-hybridized carbons (Fsp3) is 0.417. The molecule has 1 atom stereocenters. The number of nitrogens with zero attached hydrogens (tertiary/aromatic N) is 1. The van der Waals surface area contributed by atoms with Crippen molar-refractivity contribution in [2.24, 2.45) is 5.73 Å². The summed E-state index contributed by atoms with van der Waals surface area (Å²) in [6.07, 6.45) is 0.823. The van der Waals surface area contributed by atoms with Gasteiger partial charge in [-0.1, -0.05) is 23.2 Å². The lowest BCUT2D eigenvalue weighted by molar-refractivity contribution is -0.116. The van der Waals surface area contributed by atoms with Crippen LogP contribution in [0.4, 0.5) is 5.69 Å². The van der Waals surface area contributed by atoms with Crippen molar-refractivity contribution < 1.29 is 4.79 Å². The van der Waals surface area contributed by atoms with Gasteiger partial charge < -0.3 is 10.6 Å². The van der Waals surface area contributed by atoms with Crippen molar-refractivity contribution in [1.82, 2.24) is 0 Å². The Morgan fingerprint density at radius 2 is 2.12 bits per heavy atom. The minimum Gasteiger partial charge on any atom is -0.330 e. The van der Waals surface area contributed by atoms with Crippen LogP contribution >= 0.6 is 23.2 Å². The van der Waals surface area contributed by atoms with Gasteiger partial charge in [-0.15, -0.1) is 0 Å². The zero-order valence-electron chi connectivity index (χ0n) is 9.54. The van der Waals surface area contributed by atoms with E-state index in [9.17, 15) is 4.79 Å². The number of nitrogens with two attached hydrogens (primary N) is 1. The van der Waals surface area contributed by atoms with Gasteiger partial charge in [0.15, 0.2) is 0 Å². The second-order valence-electron chi connectivity index (χ2n) is 4.18. The lowest BCUT2D eigenvalue weighted by Crippen LogP contribution is -2.37. The molecule has 0 aliphatic carbocycles. The summed E-state index contributed by atoms with van der Waals surface area (Å²) >= 11 is 12.4. The zero-order chi connectivity index (χ0) is 12.6. The molecule has 1 aliphatic heterocycles. The third-order valence-electron chi connectivity index (χ3n) is 3.16. The third kappa shape index (κ3) is 2.15. The molecule has 3 nitrogen and oxygen atoms in total. The van der Waals surface area contributed by atoms with E-state index in [0.29, 0.717) is 23.1 Å². The van der Waals surface area contributed by atoms with Gasteiger partial charge in [0.1, 0.15) is 0 Å². The van der Waals surface area contributed by atoms with Crippen LogP contribution < -0.4 is 10.6 Å². The fourth-order valence-corrected chi connectivity index (χ4v) is 2.88. The van der Waals surface area contributed by atoms with Crippen LogP contribution in [-0.2, 0) is 4.79 Å². The molecule has 0 saturated heterocycles. The Bertz CT molecular complexity index is 462. The summed E-state index contributed by atoms with van der Waals surface area (Å²) < 4.78 is 0. The summed E-state index contributed by atoms with van der Waals surface area (Å²) in [5.41, 5.74) is 7.39. The van der Waals surface area contributed by atoms with E-state index in [2.05, 4.69) is 0 Å². The summed E-state index contributed by atoms with van der Waals surface area (Å²) in [7, 11) is 0. The molecule has 0 spiro atoms. The Labute approximate surface area is 110 Å².